The minimum Gasteiger partial charge on any atom is -0.374 e. The van der Waals surface area contributed by atoms with Gasteiger partial charge in [-0.1, -0.05) is 24.8 Å². The molecule has 0 aliphatic carbocycles. The van der Waals surface area contributed by atoms with E-state index in [0.717, 1.165) is 5.69 Å². The van der Waals surface area contributed by atoms with Crippen molar-refractivity contribution in [3.63, 3.8) is 0 Å². The first-order valence-corrected chi connectivity index (χ1v) is 9.59. The standard InChI is InChI=1S/C22H27F2N5O/c1-4-6-17-12-18(21(27-3)29-17)20(26)16(11-15(2)13-25)7-5-10-30-19-8-9-28-14-22(19,23)24/h4-5,7,11-12,19,26-29H,1-2,6,8-10,14H2,3H3/b7-5-,16-11+,26-20?. The summed E-state index contributed by atoms with van der Waals surface area (Å²) >= 11 is 0. The lowest BCUT2D eigenvalue weighted by Gasteiger charge is -2.31. The predicted octanol–water partition coefficient (Wildman–Crippen LogP) is 3.73. The van der Waals surface area contributed by atoms with Gasteiger partial charge in [-0.15, -0.1) is 6.58 Å². The highest BCUT2D eigenvalue weighted by atomic mass is 19.3. The number of alkyl halides is 2. The average molecular weight is 415 g/mol. The number of ether oxygens (including phenoxy) is 1. The fraction of sp³-hybridized carbons (Fsp3) is 0.364. The van der Waals surface area contributed by atoms with E-state index in [1.807, 2.05) is 12.1 Å². The molecule has 0 spiro atoms. The van der Waals surface area contributed by atoms with Crippen LogP contribution in [0.5, 0.6) is 0 Å². The summed E-state index contributed by atoms with van der Waals surface area (Å²) in [5.41, 5.74) is 2.25. The lowest BCUT2D eigenvalue weighted by atomic mass is 10.0. The van der Waals surface area contributed by atoms with Gasteiger partial charge in [0.25, 0.3) is 5.92 Å². The summed E-state index contributed by atoms with van der Waals surface area (Å²) in [6.07, 6.45) is 6.08. The Morgan fingerprint density at radius 1 is 1.53 bits per heavy atom. The Bertz CT molecular complexity index is 892. The molecule has 1 unspecified atom stereocenters. The topological polar surface area (TPSA) is 96.7 Å². The maximum Gasteiger partial charge on any atom is 0.285 e. The molecule has 8 heteroatoms. The van der Waals surface area contributed by atoms with Gasteiger partial charge in [0.15, 0.2) is 0 Å². The number of aromatic amines is 1. The summed E-state index contributed by atoms with van der Waals surface area (Å²) < 4.78 is 33.1. The molecule has 1 saturated heterocycles. The van der Waals surface area contributed by atoms with E-state index in [9.17, 15) is 8.78 Å². The van der Waals surface area contributed by atoms with Crippen LogP contribution in [0.25, 0.3) is 0 Å². The molecule has 1 aromatic heterocycles. The number of piperidine rings is 1. The molecule has 1 aliphatic rings. The molecule has 0 saturated carbocycles. The number of hydrogen-bond acceptors (Lipinski definition) is 5. The average Bonchev–Trinajstić information content (AvgIpc) is 3.13. The Hall–Kier alpha value is -3.02. The van der Waals surface area contributed by atoms with E-state index < -0.39 is 18.6 Å². The second kappa shape index (κ2) is 10.7. The lowest BCUT2D eigenvalue weighted by Crippen LogP contribution is -2.50. The fourth-order valence-corrected chi connectivity index (χ4v) is 3.11. The second-order valence-corrected chi connectivity index (χ2v) is 6.89. The molecule has 1 atom stereocenters. The monoisotopic (exact) mass is 415 g/mol. The maximum atomic E-state index is 13.8. The van der Waals surface area contributed by atoms with E-state index in [1.54, 1.807) is 25.3 Å². The SMILES string of the molecule is C=CCc1cc(C(=N)C(/C=C\COC2CCNCC2(F)F)=C/C(=C)C#N)c(NC)[nH]1. The Morgan fingerprint density at radius 3 is 2.93 bits per heavy atom. The van der Waals surface area contributed by atoms with Crippen LogP contribution in [0.3, 0.4) is 0 Å². The van der Waals surface area contributed by atoms with E-state index in [0.29, 0.717) is 29.9 Å². The molecule has 4 N–H and O–H groups in total. The first kappa shape index (κ1) is 23.3. The van der Waals surface area contributed by atoms with Crippen LogP contribution in [0.1, 0.15) is 17.7 Å². The van der Waals surface area contributed by atoms with Gasteiger partial charge in [-0.05, 0) is 25.1 Å². The zero-order valence-corrected chi connectivity index (χ0v) is 17.0. The van der Waals surface area contributed by atoms with E-state index >= 15 is 0 Å². The van der Waals surface area contributed by atoms with Gasteiger partial charge in [0, 0.05) is 35.9 Å². The smallest absolute Gasteiger partial charge is 0.285 e. The molecule has 2 rings (SSSR count). The number of halogens is 2. The van der Waals surface area contributed by atoms with Crippen molar-refractivity contribution in [2.45, 2.75) is 24.9 Å². The Morgan fingerprint density at radius 2 is 2.30 bits per heavy atom. The predicted molar refractivity (Wildman–Crippen MR) is 115 cm³/mol. The minimum absolute atomic E-state index is 0.0301. The van der Waals surface area contributed by atoms with Gasteiger partial charge in [-0.3, -0.25) is 5.41 Å². The maximum absolute atomic E-state index is 13.8. The van der Waals surface area contributed by atoms with Crippen LogP contribution in [0.15, 0.2) is 54.7 Å². The first-order chi connectivity index (χ1) is 14.3. The van der Waals surface area contributed by atoms with Crippen molar-refractivity contribution in [3.05, 3.63) is 65.9 Å². The van der Waals surface area contributed by atoms with Crippen LogP contribution in [0, 0.1) is 16.7 Å². The minimum atomic E-state index is -2.92. The van der Waals surface area contributed by atoms with Crippen molar-refractivity contribution in [1.29, 1.82) is 10.7 Å². The molecule has 0 amide bonds. The number of aromatic nitrogens is 1. The molecule has 1 aliphatic heterocycles. The third-order valence-corrected chi connectivity index (χ3v) is 4.63. The number of rotatable bonds is 10. The highest BCUT2D eigenvalue weighted by Crippen LogP contribution is 2.26. The normalized spacial score (nSPS) is 18.7. The Labute approximate surface area is 175 Å². The van der Waals surface area contributed by atoms with Crippen LogP contribution < -0.4 is 10.6 Å². The first-order valence-electron chi connectivity index (χ1n) is 9.59. The summed E-state index contributed by atoms with van der Waals surface area (Å²) in [6.45, 7) is 7.41. The molecule has 0 radical (unpaired) electrons. The number of H-pyrrole nitrogens is 1. The molecule has 2 heterocycles. The summed E-state index contributed by atoms with van der Waals surface area (Å²) in [5, 5.41) is 23.4. The highest BCUT2D eigenvalue weighted by Gasteiger charge is 2.42. The van der Waals surface area contributed by atoms with E-state index in [2.05, 4.69) is 28.8 Å². The summed E-state index contributed by atoms with van der Waals surface area (Å²) in [7, 11) is 1.74. The number of nitrogens with zero attached hydrogens (tertiary/aromatic N) is 1. The molecule has 30 heavy (non-hydrogen) atoms. The third-order valence-electron chi connectivity index (χ3n) is 4.63. The van der Waals surface area contributed by atoms with Crippen LogP contribution in [-0.2, 0) is 11.2 Å². The van der Waals surface area contributed by atoms with Gasteiger partial charge >= 0.3 is 0 Å². The Kier molecular flexibility index (Phi) is 8.27. The number of hydrogen-bond donors (Lipinski definition) is 4. The van der Waals surface area contributed by atoms with Gasteiger partial charge in [0.1, 0.15) is 11.9 Å². The molecular formula is C22H27F2N5O. The largest absolute Gasteiger partial charge is 0.374 e. The van der Waals surface area contributed by atoms with Crippen molar-refractivity contribution >= 4 is 11.5 Å². The number of anilines is 1. The quantitative estimate of drug-likeness (QED) is 0.203. The van der Waals surface area contributed by atoms with Crippen molar-refractivity contribution in [3.8, 4) is 6.07 Å². The molecule has 0 bridgehead atoms. The number of allylic oxidation sites excluding steroid dienone is 5. The Balaban J connectivity index is 2.18. The fourth-order valence-electron chi connectivity index (χ4n) is 3.11. The van der Waals surface area contributed by atoms with Crippen LogP contribution in [-0.4, -0.2) is 49.5 Å². The van der Waals surface area contributed by atoms with Crippen LogP contribution >= 0.6 is 0 Å². The number of nitrogens with one attached hydrogen (secondary N) is 4. The number of nitriles is 1. The molecular weight excluding hydrogens is 388 g/mol. The van der Waals surface area contributed by atoms with Crippen LogP contribution in [0.4, 0.5) is 14.6 Å². The van der Waals surface area contributed by atoms with E-state index in [1.165, 1.54) is 6.08 Å². The van der Waals surface area contributed by atoms with Crippen molar-refractivity contribution in [1.82, 2.24) is 10.3 Å². The van der Waals surface area contributed by atoms with Crippen molar-refractivity contribution < 1.29 is 13.5 Å². The summed E-state index contributed by atoms with van der Waals surface area (Å²) in [6, 6.07) is 3.77. The zero-order valence-electron chi connectivity index (χ0n) is 17.0. The van der Waals surface area contributed by atoms with Gasteiger partial charge in [-0.2, -0.15) is 5.26 Å². The van der Waals surface area contributed by atoms with Crippen LogP contribution in [0.2, 0.25) is 0 Å². The van der Waals surface area contributed by atoms with E-state index in [4.69, 9.17) is 15.4 Å². The zero-order chi connectivity index (χ0) is 22.1. The molecule has 160 valence electrons. The molecule has 6 nitrogen and oxygen atoms in total. The lowest BCUT2D eigenvalue weighted by molar-refractivity contribution is -0.143. The molecule has 1 fully saturated rings. The van der Waals surface area contributed by atoms with Gasteiger partial charge in [-0.25, -0.2) is 8.78 Å². The van der Waals surface area contributed by atoms with Gasteiger partial charge in [0.2, 0.25) is 0 Å². The van der Waals surface area contributed by atoms with Crippen molar-refractivity contribution in [2.24, 2.45) is 0 Å². The summed E-state index contributed by atoms with van der Waals surface area (Å²) in [4.78, 5) is 3.18. The molecule has 1 aromatic rings. The van der Waals surface area contributed by atoms with Gasteiger partial charge in [0.05, 0.1) is 24.9 Å². The van der Waals surface area contributed by atoms with E-state index in [-0.39, 0.29) is 24.3 Å². The summed E-state index contributed by atoms with van der Waals surface area (Å²) in [5.74, 6) is -2.26. The second-order valence-electron chi connectivity index (χ2n) is 6.89. The van der Waals surface area contributed by atoms with Crippen molar-refractivity contribution in [2.75, 3.05) is 32.1 Å². The highest BCUT2D eigenvalue weighted by molar-refractivity contribution is 6.15. The van der Waals surface area contributed by atoms with Gasteiger partial charge < -0.3 is 20.4 Å². The molecule has 0 aromatic carbocycles. The third kappa shape index (κ3) is 5.99.